The van der Waals surface area contributed by atoms with Gasteiger partial charge in [-0.3, -0.25) is 4.98 Å². The van der Waals surface area contributed by atoms with Crippen molar-refractivity contribution < 1.29 is 0 Å². The summed E-state index contributed by atoms with van der Waals surface area (Å²) >= 11 is 5.81. The van der Waals surface area contributed by atoms with E-state index in [-0.39, 0.29) is 0 Å². The maximum atomic E-state index is 5.81. The Hall–Kier alpha value is -1.94. The molecule has 3 aromatic rings. The second kappa shape index (κ2) is 3.57. The molecule has 0 aromatic carbocycles. The predicted octanol–water partition coefficient (Wildman–Crippen LogP) is 2.44. The summed E-state index contributed by atoms with van der Waals surface area (Å²) in [5.74, 6) is 0. The molecule has 78 valence electrons. The largest absolute Gasteiger partial charge is 0.264 e. The second-order valence-corrected chi connectivity index (χ2v) is 3.71. The van der Waals surface area contributed by atoms with Gasteiger partial charge in [-0.1, -0.05) is 11.6 Å². The number of hydrogen-bond acceptors (Lipinski definition) is 3. The van der Waals surface area contributed by atoms with Gasteiger partial charge in [0, 0.05) is 30.2 Å². The van der Waals surface area contributed by atoms with Crippen molar-refractivity contribution in [3.63, 3.8) is 0 Å². The molecule has 5 heteroatoms. The molecule has 3 aromatic heterocycles. The van der Waals surface area contributed by atoms with E-state index in [1.165, 1.54) is 0 Å². The van der Waals surface area contributed by atoms with Crippen molar-refractivity contribution in [1.82, 2.24) is 19.6 Å². The van der Waals surface area contributed by atoms with Crippen LogP contribution in [0.1, 0.15) is 0 Å². The molecule has 3 heterocycles. The molecule has 0 aliphatic carbocycles. The summed E-state index contributed by atoms with van der Waals surface area (Å²) in [6, 6.07) is 7.41. The van der Waals surface area contributed by atoms with Gasteiger partial charge in [0.05, 0.1) is 5.69 Å². The number of halogens is 1. The van der Waals surface area contributed by atoms with Gasteiger partial charge < -0.3 is 0 Å². The van der Waals surface area contributed by atoms with Gasteiger partial charge in [0.25, 0.3) is 0 Å². The second-order valence-electron chi connectivity index (χ2n) is 3.32. The number of aromatic nitrogens is 4. The zero-order valence-corrected chi connectivity index (χ0v) is 8.96. The fourth-order valence-corrected chi connectivity index (χ4v) is 1.65. The molecule has 0 bridgehead atoms. The Morgan fingerprint density at radius 2 is 2.19 bits per heavy atom. The first-order valence-electron chi connectivity index (χ1n) is 4.75. The summed E-state index contributed by atoms with van der Waals surface area (Å²) in [5, 5.41) is 4.84. The smallest absolute Gasteiger partial charge is 0.157 e. The van der Waals surface area contributed by atoms with E-state index in [2.05, 4.69) is 15.1 Å². The Morgan fingerprint density at radius 3 is 3.00 bits per heavy atom. The third-order valence-corrected chi connectivity index (χ3v) is 2.46. The minimum Gasteiger partial charge on any atom is -0.264 e. The van der Waals surface area contributed by atoms with Crippen LogP contribution in [0.4, 0.5) is 0 Å². The SMILES string of the molecule is Clc1ccn2nc(-c3cccnc3)cc2n1. The predicted molar refractivity (Wildman–Crippen MR) is 61.2 cm³/mol. The van der Waals surface area contributed by atoms with Crippen LogP contribution < -0.4 is 0 Å². The van der Waals surface area contributed by atoms with E-state index < -0.39 is 0 Å². The molecular formula is C11H7ClN4. The van der Waals surface area contributed by atoms with Crippen LogP contribution in [-0.2, 0) is 0 Å². The van der Waals surface area contributed by atoms with Crippen LogP contribution in [0, 0.1) is 0 Å². The number of rotatable bonds is 1. The quantitative estimate of drug-likeness (QED) is 0.603. The minimum atomic E-state index is 0.463. The summed E-state index contributed by atoms with van der Waals surface area (Å²) in [4.78, 5) is 8.22. The van der Waals surface area contributed by atoms with E-state index >= 15 is 0 Å². The molecule has 0 saturated heterocycles. The number of nitrogens with zero attached hydrogens (tertiary/aromatic N) is 4. The van der Waals surface area contributed by atoms with Crippen LogP contribution in [0.15, 0.2) is 42.9 Å². The van der Waals surface area contributed by atoms with Gasteiger partial charge in [0.15, 0.2) is 5.65 Å². The van der Waals surface area contributed by atoms with Crippen LogP contribution in [0.2, 0.25) is 5.15 Å². The normalized spacial score (nSPS) is 10.8. The molecule has 16 heavy (non-hydrogen) atoms. The Morgan fingerprint density at radius 1 is 1.25 bits per heavy atom. The van der Waals surface area contributed by atoms with Gasteiger partial charge in [0.1, 0.15) is 5.15 Å². The lowest BCUT2D eigenvalue weighted by molar-refractivity contribution is 0.943. The Labute approximate surface area is 96.5 Å². The molecule has 0 aliphatic heterocycles. The summed E-state index contributed by atoms with van der Waals surface area (Å²) in [6.07, 6.45) is 5.28. The number of pyridine rings is 1. The van der Waals surface area contributed by atoms with Crippen molar-refractivity contribution in [3.05, 3.63) is 48.0 Å². The van der Waals surface area contributed by atoms with Crippen LogP contribution in [-0.4, -0.2) is 19.6 Å². The van der Waals surface area contributed by atoms with Crippen molar-refractivity contribution >= 4 is 17.2 Å². The first kappa shape index (κ1) is 9.30. The Balaban J connectivity index is 2.19. The Kier molecular flexibility index (Phi) is 2.08. The molecule has 0 atom stereocenters. The summed E-state index contributed by atoms with van der Waals surface area (Å²) in [5.41, 5.74) is 2.53. The highest BCUT2D eigenvalue weighted by atomic mass is 35.5. The molecule has 0 aliphatic rings. The van der Waals surface area contributed by atoms with Crippen LogP contribution in [0.5, 0.6) is 0 Å². The lowest BCUT2D eigenvalue weighted by Crippen LogP contribution is -1.88. The highest BCUT2D eigenvalue weighted by molar-refractivity contribution is 6.29. The standard InChI is InChI=1S/C11H7ClN4/c12-10-3-5-16-11(14-10)6-9(15-16)8-2-1-4-13-7-8/h1-7H. The third-order valence-electron chi connectivity index (χ3n) is 2.25. The van der Waals surface area contributed by atoms with E-state index in [1.807, 2.05) is 18.2 Å². The zero-order chi connectivity index (χ0) is 11.0. The molecule has 0 amide bonds. The fourth-order valence-electron chi connectivity index (χ4n) is 1.51. The number of hydrogen-bond donors (Lipinski definition) is 0. The molecule has 0 spiro atoms. The van der Waals surface area contributed by atoms with E-state index in [0.717, 1.165) is 16.9 Å². The monoisotopic (exact) mass is 230 g/mol. The molecule has 4 nitrogen and oxygen atoms in total. The summed E-state index contributed by atoms with van der Waals surface area (Å²) < 4.78 is 1.69. The van der Waals surface area contributed by atoms with Crippen LogP contribution in [0.3, 0.4) is 0 Å². The highest BCUT2D eigenvalue weighted by Crippen LogP contribution is 2.18. The molecule has 3 rings (SSSR count). The maximum Gasteiger partial charge on any atom is 0.157 e. The molecule has 0 radical (unpaired) electrons. The van der Waals surface area contributed by atoms with Crippen LogP contribution in [0.25, 0.3) is 16.9 Å². The van der Waals surface area contributed by atoms with Gasteiger partial charge in [0.2, 0.25) is 0 Å². The molecule has 0 fully saturated rings. The van der Waals surface area contributed by atoms with Crippen molar-refractivity contribution in [2.24, 2.45) is 0 Å². The Bertz CT molecular complexity index is 633. The van der Waals surface area contributed by atoms with Gasteiger partial charge in [-0.2, -0.15) is 5.10 Å². The summed E-state index contributed by atoms with van der Waals surface area (Å²) in [6.45, 7) is 0. The van der Waals surface area contributed by atoms with Gasteiger partial charge in [-0.25, -0.2) is 9.50 Å². The first-order chi connectivity index (χ1) is 7.83. The van der Waals surface area contributed by atoms with E-state index in [0.29, 0.717) is 5.15 Å². The topological polar surface area (TPSA) is 43.1 Å². The van der Waals surface area contributed by atoms with E-state index in [4.69, 9.17) is 11.6 Å². The van der Waals surface area contributed by atoms with E-state index in [9.17, 15) is 0 Å². The molecule has 0 saturated carbocycles. The lowest BCUT2D eigenvalue weighted by Gasteiger charge is -1.92. The van der Waals surface area contributed by atoms with Crippen LogP contribution >= 0.6 is 11.6 Å². The number of fused-ring (bicyclic) bond motifs is 1. The molecular weight excluding hydrogens is 224 g/mol. The molecule has 0 N–H and O–H groups in total. The molecule has 0 unspecified atom stereocenters. The highest BCUT2D eigenvalue weighted by Gasteiger charge is 2.05. The zero-order valence-electron chi connectivity index (χ0n) is 8.21. The average molecular weight is 231 g/mol. The van der Waals surface area contributed by atoms with Crippen molar-refractivity contribution in [3.8, 4) is 11.3 Å². The first-order valence-corrected chi connectivity index (χ1v) is 5.13. The summed E-state index contributed by atoms with van der Waals surface area (Å²) in [7, 11) is 0. The minimum absolute atomic E-state index is 0.463. The average Bonchev–Trinajstić information content (AvgIpc) is 2.73. The van der Waals surface area contributed by atoms with Gasteiger partial charge >= 0.3 is 0 Å². The van der Waals surface area contributed by atoms with Crippen molar-refractivity contribution in [1.29, 1.82) is 0 Å². The maximum absolute atomic E-state index is 5.81. The van der Waals surface area contributed by atoms with Crippen molar-refractivity contribution in [2.75, 3.05) is 0 Å². The fraction of sp³-hybridized carbons (Fsp3) is 0. The lowest BCUT2D eigenvalue weighted by atomic mass is 10.2. The van der Waals surface area contributed by atoms with Crippen molar-refractivity contribution in [2.45, 2.75) is 0 Å². The van der Waals surface area contributed by atoms with E-state index in [1.54, 1.807) is 29.2 Å². The third kappa shape index (κ3) is 1.53. The van der Waals surface area contributed by atoms with Gasteiger partial charge in [-0.05, 0) is 18.2 Å². The van der Waals surface area contributed by atoms with Gasteiger partial charge in [-0.15, -0.1) is 0 Å².